The van der Waals surface area contributed by atoms with E-state index in [9.17, 15) is 0 Å². The van der Waals surface area contributed by atoms with Gasteiger partial charge in [-0.3, -0.25) is 0 Å². The zero-order chi connectivity index (χ0) is 24.4. The molecule has 0 saturated heterocycles. The molecule has 0 spiro atoms. The normalized spacial score (nSPS) is 11.2. The van der Waals surface area contributed by atoms with Gasteiger partial charge < -0.3 is 4.74 Å². The number of benzene rings is 2. The lowest BCUT2D eigenvalue weighted by atomic mass is 10.00. The van der Waals surface area contributed by atoms with E-state index in [-0.39, 0.29) is 0 Å². The maximum absolute atomic E-state index is 5.33. The Morgan fingerprint density at radius 2 is 1.52 bits per heavy atom. The van der Waals surface area contributed by atoms with Crippen LogP contribution < -0.4 is 4.74 Å². The van der Waals surface area contributed by atoms with E-state index >= 15 is 0 Å². The Bertz CT molecular complexity index is 987. The van der Waals surface area contributed by atoms with Crippen LogP contribution in [0.15, 0.2) is 54.3 Å². The third kappa shape index (κ3) is 6.77. The van der Waals surface area contributed by atoms with Crippen LogP contribution in [0.4, 0.5) is 0 Å². The highest BCUT2D eigenvalue weighted by Crippen LogP contribution is 2.40. The maximum Gasteiger partial charge on any atom is 0.146 e. The number of unbranched alkanes of at least 4 members (excludes halogenated alkanes) is 1. The minimum atomic E-state index is -1.77. The summed E-state index contributed by atoms with van der Waals surface area (Å²) >= 11 is 0. The van der Waals surface area contributed by atoms with Crippen LogP contribution >= 0.6 is 0 Å². The highest BCUT2D eigenvalue weighted by atomic mass is 28.3. The van der Waals surface area contributed by atoms with Crippen molar-refractivity contribution < 1.29 is 4.74 Å². The fourth-order valence-corrected chi connectivity index (χ4v) is 10.2. The Labute approximate surface area is 204 Å². The van der Waals surface area contributed by atoms with Gasteiger partial charge in [-0.25, -0.2) is 0 Å². The molecule has 0 aliphatic carbocycles. The second kappa shape index (κ2) is 12.7. The van der Waals surface area contributed by atoms with Crippen LogP contribution in [-0.4, -0.2) is 15.2 Å². The molecule has 2 aromatic carbocycles. The third-order valence-corrected chi connectivity index (χ3v) is 13.2. The minimum Gasteiger partial charge on any atom is -0.497 e. The van der Waals surface area contributed by atoms with Crippen LogP contribution in [-0.2, 0) is 0 Å². The Kier molecular flexibility index (Phi) is 10.3. The molecule has 0 aliphatic heterocycles. The molecule has 2 rings (SSSR count). The summed E-state index contributed by atoms with van der Waals surface area (Å²) in [5, 5.41) is 0. The summed E-state index contributed by atoms with van der Waals surface area (Å²) in [5.41, 5.74) is 14.1. The summed E-state index contributed by atoms with van der Waals surface area (Å²) in [6.45, 7) is 16.4. The Balaban J connectivity index is 2.54. The summed E-state index contributed by atoms with van der Waals surface area (Å²) in [4.78, 5) is 0. The van der Waals surface area contributed by atoms with Crippen molar-refractivity contribution in [3.05, 3.63) is 71.0 Å². The number of ether oxygens (including phenoxy) is 1. The number of allylic oxidation sites excluding steroid dienone is 1. The van der Waals surface area contributed by atoms with Gasteiger partial charge in [-0.05, 0) is 64.9 Å². The molecule has 0 atom stereocenters. The summed E-state index contributed by atoms with van der Waals surface area (Å²) in [7, 11) is -0.0654. The maximum atomic E-state index is 5.33. The van der Waals surface area contributed by atoms with Crippen molar-refractivity contribution >= 4 is 19.7 Å². The first-order valence-corrected chi connectivity index (χ1v) is 14.7. The van der Waals surface area contributed by atoms with Crippen molar-refractivity contribution in [3.8, 4) is 17.2 Å². The summed E-state index contributed by atoms with van der Waals surface area (Å²) in [5.74, 6) is 4.52. The lowest BCUT2D eigenvalue weighted by Crippen LogP contribution is -2.43. The minimum absolute atomic E-state index is 0.628. The van der Waals surface area contributed by atoms with Crippen molar-refractivity contribution in [2.75, 3.05) is 7.11 Å². The van der Waals surface area contributed by atoms with Crippen LogP contribution in [0.1, 0.15) is 84.4 Å². The van der Waals surface area contributed by atoms with E-state index in [1.807, 2.05) is 12.1 Å². The lowest BCUT2D eigenvalue weighted by Gasteiger charge is -2.38. The predicted octanol–water partition coefficient (Wildman–Crippen LogP) is 9.15. The molecule has 33 heavy (non-hydrogen) atoms. The van der Waals surface area contributed by atoms with E-state index in [1.54, 1.807) is 7.11 Å². The molecular formula is C31H42OSi. The van der Waals surface area contributed by atoms with Crippen molar-refractivity contribution in [1.82, 2.24) is 0 Å². The van der Waals surface area contributed by atoms with Crippen molar-refractivity contribution in [2.45, 2.75) is 84.4 Å². The van der Waals surface area contributed by atoms with E-state index in [0.29, 0.717) is 16.6 Å². The van der Waals surface area contributed by atoms with Crippen LogP contribution in [0, 0.1) is 11.5 Å². The second-order valence-electron chi connectivity index (χ2n) is 9.83. The number of rotatable bonds is 9. The average Bonchev–Trinajstić information content (AvgIpc) is 2.79. The highest BCUT2D eigenvalue weighted by Gasteiger charge is 2.41. The smallest absolute Gasteiger partial charge is 0.146 e. The highest BCUT2D eigenvalue weighted by molar-refractivity contribution is 6.90. The standard InChI is InChI=1S/C31H42OSi/c1-9-10-13-27(30-18-20-31(32-8)21-19-30)16-17-28-14-11-12-15-29(28)22-23-33(24(2)3,25(4)5)26(6)7/h11-12,14-15,17-21,24-26H,9-10,13H2,1-8H3. The lowest BCUT2D eigenvalue weighted by molar-refractivity contribution is 0.415. The van der Waals surface area contributed by atoms with Gasteiger partial charge in [0.25, 0.3) is 0 Å². The summed E-state index contributed by atoms with van der Waals surface area (Å²) in [6, 6.07) is 16.8. The molecule has 0 N–H and O–H groups in total. The molecule has 1 nitrogen and oxygen atoms in total. The monoisotopic (exact) mass is 458 g/mol. The second-order valence-corrected chi connectivity index (χ2v) is 15.4. The molecular weight excluding hydrogens is 416 g/mol. The van der Waals surface area contributed by atoms with Gasteiger partial charge in [0.15, 0.2) is 0 Å². The van der Waals surface area contributed by atoms with Gasteiger partial charge in [0.2, 0.25) is 0 Å². The fraction of sp³-hybridized carbons (Fsp3) is 0.452. The number of hydrogen-bond donors (Lipinski definition) is 0. The molecule has 2 heteroatoms. The topological polar surface area (TPSA) is 9.23 Å². The van der Waals surface area contributed by atoms with Gasteiger partial charge in [0, 0.05) is 11.1 Å². The SMILES string of the molecule is CCCCC(=C=Cc1ccccc1C#C[Si](C(C)C)(C(C)C)C(C)C)c1ccc(OC)cc1. The van der Waals surface area contributed by atoms with E-state index in [1.165, 1.54) is 11.1 Å². The van der Waals surface area contributed by atoms with Crippen LogP contribution in [0.25, 0.3) is 11.6 Å². The number of hydrogen-bond acceptors (Lipinski definition) is 1. The molecule has 0 unspecified atom stereocenters. The quantitative estimate of drug-likeness (QED) is 0.207. The fourth-order valence-electron chi connectivity index (χ4n) is 4.96. The Morgan fingerprint density at radius 1 is 0.909 bits per heavy atom. The molecule has 0 aromatic heterocycles. The molecule has 0 aliphatic rings. The largest absolute Gasteiger partial charge is 0.497 e. The van der Waals surface area contributed by atoms with E-state index < -0.39 is 8.07 Å². The Hall–Kier alpha value is -2.46. The molecule has 0 fully saturated rings. The molecule has 0 radical (unpaired) electrons. The van der Waals surface area contributed by atoms with Crippen LogP contribution in [0.2, 0.25) is 16.6 Å². The van der Waals surface area contributed by atoms with Gasteiger partial charge >= 0.3 is 0 Å². The van der Waals surface area contributed by atoms with E-state index in [4.69, 9.17) is 4.74 Å². The molecule has 176 valence electrons. The van der Waals surface area contributed by atoms with Crippen LogP contribution in [0.5, 0.6) is 5.75 Å². The van der Waals surface area contributed by atoms with Crippen molar-refractivity contribution in [3.63, 3.8) is 0 Å². The molecule has 0 heterocycles. The summed E-state index contributed by atoms with van der Waals surface area (Å²) < 4.78 is 5.33. The number of methoxy groups -OCH3 is 1. The summed E-state index contributed by atoms with van der Waals surface area (Å²) in [6.07, 6.45) is 5.45. The first-order valence-electron chi connectivity index (χ1n) is 12.5. The van der Waals surface area contributed by atoms with E-state index in [0.717, 1.165) is 36.1 Å². The van der Waals surface area contributed by atoms with Gasteiger partial charge in [-0.2, -0.15) is 0 Å². The zero-order valence-corrected chi connectivity index (χ0v) is 23.0. The molecule has 2 aromatic rings. The molecule has 0 bridgehead atoms. The van der Waals surface area contributed by atoms with Gasteiger partial charge in [0.05, 0.1) is 7.11 Å². The first-order chi connectivity index (χ1) is 15.8. The van der Waals surface area contributed by atoms with Crippen molar-refractivity contribution in [2.24, 2.45) is 0 Å². The van der Waals surface area contributed by atoms with Gasteiger partial charge in [-0.15, -0.1) is 11.3 Å². The predicted molar refractivity (Wildman–Crippen MR) is 148 cm³/mol. The van der Waals surface area contributed by atoms with Crippen LogP contribution in [0.3, 0.4) is 0 Å². The van der Waals surface area contributed by atoms with Crippen molar-refractivity contribution in [1.29, 1.82) is 0 Å². The van der Waals surface area contributed by atoms with Gasteiger partial charge in [0.1, 0.15) is 13.8 Å². The molecule has 0 amide bonds. The molecule has 0 saturated carbocycles. The average molecular weight is 459 g/mol. The van der Waals surface area contributed by atoms with E-state index in [2.05, 4.69) is 108 Å². The zero-order valence-electron chi connectivity index (χ0n) is 22.0. The Morgan fingerprint density at radius 3 is 2.06 bits per heavy atom. The first kappa shape index (κ1) is 26.8. The third-order valence-electron chi connectivity index (χ3n) is 6.86. The van der Waals surface area contributed by atoms with Gasteiger partial charge in [-0.1, -0.05) is 91.1 Å².